The largest absolute Gasteiger partial charge is 0.272 e. The zero-order chi connectivity index (χ0) is 14.5. The first kappa shape index (κ1) is 14.1. The van der Waals surface area contributed by atoms with E-state index in [9.17, 15) is 8.42 Å². The number of nitrogens with zero attached hydrogens (tertiary/aromatic N) is 2. The van der Waals surface area contributed by atoms with Crippen molar-refractivity contribution < 1.29 is 8.42 Å². The van der Waals surface area contributed by atoms with E-state index in [1.165, 1.54) is 31.9 Å². The van der Waals surface area contributed by atoms with Crippen LogP contribution in [0.15, 0.2) is 11.1 Å². The van der Waals surface area contributed by atoms with Gasteiger partial charge in [-0.2, -0.15) is 5.10 Å². The summed E-state index contributed by atoms with van der Waals surface area (Å²) in [5.74, 6) is 2.05. The molecule has 0 aromatic carbocycles. The number of aryl methyl sites for hydroxylation is 1. The molecule has 1 aromatic heterocycles. The van der Waals surface area contributed by atoms with E-state index in [0.29, 0.717) is 22.4 Å². The van der Waals surface area contributed by atoms with Crippen LogP contribution in [0.5, 0.6) is 0 Å². The summed E-state index contributed by atoms with van der Waals surface area (Å²) in [5.41, 5.74) is 0.678. The summed E-state index contributed by atoms with van der Waals surface area (Å²) in [6.45, 7) is 3.79. The van der Waals surface area contributed by atoms with Gasteiger partial charge in [-0.25, -0.2) is 13.1 Å². The van der Waals surface area contributed by atoms with Crippen LogP contribution in [-0.4, -0.2) is 24.2 Å². The quantitative estimate of drug-likeness (QED) is 0.922. The van der Waals surface area contributed by atoms with E-state index in [1.807, 2.05) is 6.92 Å². The second-order valence-electron chi connectivity index (χ2n) is 6.47. The summed E-state index contributed by atoms with van der Waals surface area (Å²) < 4.78 is 29.4. The molecule has 3 rings (SSSR count). The molecule has 6 heteroatoms. The number of fused-ring (bicyclic) bond motifs is 2. The lowest BCUT2D eigenvalue weighted by Gasteiger charge is -2.28. The maximum Gasteiger partial charge on any atom is 0.244 e. The third kappa shape index (κ3) is 2.29. The van der Waals surface area contributed by atoms with Crippen molar-refractivity contribution in [2.75, 3.05) is 0 Å². The maximum absolute atomic E-state index is 12.5. The van der Waals surface area contributed by atoms with Crippen LogP contribution in [0.1, 0.15) is 38.3 Å². The monoisotopic (exact) mass is 297 g/mol. The zero-order valence-corrected chi connectivity index (χ0v) is 13.2. The summed E-state index contributed by atoms with van der Waals surface area (Å²) in [4.78, 5) is 0.301. The van der Waals surface area contributed by atoms with E-state index in [1.54, 1.807) is 18.7 Å². The summed E-state index contributed by atoms with van der Waals surface area (Å²) in [5, 5.41) is 4.02. The van der Waals surface area contributed by atoms with Gasteiger partial charge in [0.25, 0.3) is 0 Å². The molecule has 2 aliphatic carbocycles. The van der Waals surface area contributed by atoms with E-state index in [4.69, 9.17) is 0 Å². The summed E-state index contributed by atoms with van der Waals surface area (Å²) in [7, 11) is -1.70. The average Bonchev–Trinajstić information content (AvgIpc) is 3.06. The minimum Gasteiger partial charge on any atom is -0.272 e. The highest BCUT2D eigenvalue weighted by molar-refractivity contribution is 7.89. The Bertz CT molecular complexity index is 608. The van der Waals surface area contributed by atoms with Crippen LogP contribution in [0.4, 0.5) is 0 Å². The standard InChI is InChI=1S/C14H23N3O2S/c1-9(13-7-11-4-5-12(13)6-11)16-20(18,19)14-8-15-17(3)10(14)2/h8-9,11-13,16H,4-7H2,1-3H3. The summed E-state index contributed by atoms with van der Waals surface area (Å²) in [6.07, 6.45) is 6.52. The van der Waals surface area contributed by atoms with Crippen LogP contribution < -0.4 is 4.72 Å². The van der Waals surface area contributed by atoms with Gasteiger partial charge >= 0.3 is 0 Å². The molecule has 112 valence electrons. The van der Waals surface area contributed by atoms with Gasteiger partial charge in [-0.15, -0.1) is 0 Å². The van der Waals surface area contributed by atoms with Crippen molar-refractivity contribution in [3.63, 3.8) is 0 Å². The Balaban J connectivity index is 1.75. The Hall–Kier alpha value is -0.880. The predicted molar refractivity (Wildman–Crippen MR) is 76.7 cm³/mol. The molecular weight excluding hydrogens is 274 g/mol. The van der Waals surface area contributed by atoms with E-state index in [2.05, 4.69) is 9.82 Å². The van der Waals surface area contributed by atoms with Crippen LogP contribution in [-0.2, 0) is 17.1 Å². The molecule has 1 heterocycles. The Morgan fingerprint density at radius 3 is 2.65 bits per heavy atom. The highest BCUT2D eigenvalue weighted by Crippen LogP contribution is 2.49. The molecule has 0 spiro atoms. The number of nitrogens with one attached hydrogen (secondary N) is 1. The lowest BCUT2D eigenvalue weighted by atomic mass is 9.84. The van der Waals surface area contributed by atoms with E-state index in [-0.39, 0.29) is 6.04 Å². The predicted octanol–water partition coefficient (Wildman–Crippen LogP) is 1.83. The normalized spacial score (nSPS) is 30.9. The molecule has 1 N–H and O–H groups in total. The molecule has 0 aliphatic heterocycles. The van der Waals surface area contributed by atoms with Crippen molar-refractivity contribution in [1.82, 2.24) is 14.5 Å². The molecule has 2 saturated carbocycles. The molecule has 0 amide bonds. The summed E-state index contributed by atoms with van der Waals surface area (Å²) >= 11 is 0. The van der Waals surface area contributed by atoms with Gasteiger partial charge in [0.2, 0.25) is 10.0 Å². The minimum absolute atomic E-state index is 0.00917. The topological polar surface area (TPSA) is 64.0 Å². The van der Waals surface area contributed by atoms with Gasteiger partial charge in [0.1, 0.15) is 4.90 Å². The molecule has 20 heavy (non-hydrogen) atoms. The fourth-order valence-electron chi connectivity index (χ4n) is 4.04. The van der Waals surface area contributed by atoms with Crippen molar-refractivity contribution in [2.45, 2.75) is 50.5 Å². The van der Waals surface area contributed by atoms with Crippen molar-refractivity contribution in [3.8, 4) is 0 Å². The molecular formula is C14H23N3O2S. The molecule has 4 unspecified atom stereocenters. The number of sulfonamides is 1. The lowest BCUT2D eigenvalue weighted by molar-refractivity contribution is 0.280. The Morgan fingerprint density at radius 2 is 2.15 bits per heavy atom. The number of aromatic nitrogens is 2. The van der Waals surface area contributed by atoms with E-state index in [0.717, 1.165) is 5.92 Å². The molecule has 0 saturated heterocycles. The van der Waals surface area contributed by atoms with Gasteiger partial charge in [0, 0.05) is 13.1 Å². The highest BCUT2D eigenvalue weighted by atomic mass is 32.2. The first-order valence-corrected chi connectivity index (χ1v) is 8.87. The minimum atomic E-state index is -3.46. The van der Waals surface area contributed by atoms with Gasteiger partial charge in [0.15, 0.2) is 0 Å². The smallest absolute Gasteiger partial charge is 0.244 e. The highest BCUT2D eigenvalue weighted by Gasteiger charge is 2.42. The van der Waals surface area contributed by atoms with Crippen LogP contribution in [0.3, 0.4) is 0 Å². The maximum atomic E-state index is 12.5. The third-order valence-corrected chi connectivity index (χ3v) is 6.92. The number of hydrogen-bond donors (Lipinski definition) is 1. The fourth-order valence-corrected chi connectivity index (χ4v) is 5.54. The summed E-state index contributed by atoms with van der Waals surface area (Å²) in [6, 6.07) is 0.00917. The van der Waals surface area contributed by atoms with Crippen molar-refractivity contribution in [3.05, 3.63) is 11.9 Å². The fraction of sp³-hybridized carbons (Fsp3) is 0.786. The van der Waals surface area contributed by atoms with Crippen molar-refractivity contribution in [1.29, 1.82) is 0 Å². The first-order chi connectivity index (χ1) is 9.38. The van der Waals surface area contributed by atoms with Crippen LogP contribution >= 0.6 is 0 Å². The molecule has 2 aliphatic rings. The molecule has 2 bridgehead atoms. The second-order valence-corrected chi connectivity index (χ2v) is 8.15. The van der Waals surface area contributed by atoms with E-state index >= 15 is 0 Å². The third-order valence-electron chi connectivity index (χ3n) is 5.26. The molecule has 0 radical (unpaired) electrons. The first-order valence-electron chi connectivity index (χ1n) is 7.39. The Morgan fingerprint density at radius 1 is 1.40 bits per heavy atom. The lowest BCUT2D eigenvalue weighted by Crippen LogP contribution is -2.40. The Labute approximate surface area is 120 Å². The van der Waals surface area contributed by atoms with Crippen LogP contribution in [0.2, 0.25) is 0 Å². The van der Waals surface area contributed by atoms with Crippen LogP contribution in [0.25, 0.3) is 0 Å². The van der Waals surface area contributed by atoms with Gasteiger partial charge in [0.05, 0.1) is 11.9 Å². The molecule has 5 nitrogen and oxygen atoms in total. The SMILES string of the molecule is Cc1c(S(=O)(=O)NC(C)C2CC3CCC2C3)cnn1C. The van der Waals surface area contributed by atoms with Gasteiger partial charge in [-0.3, -0.25) is 4.68 Å². The second kappa shape index (κ2) is 4.84. The van der Waals surface area contributed by atoms with Gasteiger partial charge in [-0.1, -0.05) is 6.42 Å². The average molecular weight is 297 g/mol. The number of rotatable bonds is 4. The van der Waals surface area contributed by atoms with Crippen molar-refractivity contribution in [2.24, 2.45) is 24.8 Å². The Kier molecular flexibility index (Phi) is 3.41. The van der Waals surface area contributed by atoms with Gasteiger partial charge in [-0.05, 0) is 50.9 Å². The van der Waals surface area contributed by atoms with Gasteiger partial charge < -0.3 is 0 Å². The molecule has 1 aromatic rings. The van der Waals surface area contributed by atoms with E-state index < -0.39 is 10.0 Å². The van der Waals surface area contributed by atoms with Crippen LogP contribution in [0, 0.1) is 24.7 Å². The molecule has 2 fully saturated rings. The molecule has 4 atom stereocenters. The number of hydrogen-bond acceptors (Lipinski definition) is 3. The van der Waals surface area contributed by atoms with Crippen molar-refractivity contribution >= 4 is 10.0 Å². The zero-order valence-electron chi connectivity index (χ0n) is 12.3.